The van der Waals surface area contributed by atoms with E-state index in [1.54, 1.807) is 20.8 Å². The van der Waals surface area contributed by atoms with Crippen molar-refractivity contribution >= 4 is 23.7 Å². The molecule has 0 spiro atoms. The summed E-state index contributed by atoms with van der Waals surface area (Å²) in [6.07, 6.45) is 0. The highest BCUT2D eigenvalue weighted by Gasteiger charge is 2.18. The molecule has 0 radical (unpaired) electrons. The SMILES string of the molecule is CC(C)NC(=O)NC(=O)[C@@H](C)Sc1ccc(F)c(F)c1. The van der Waals surface area contributed by atoms with Gasteiger partial charge in [0, 0.05) is 10.9 Å². The zero-order chi connectivity index (χ0) is 15.3. The molecule has 110 valence electrons. The van der Waals surface area contributed by atoms with Crippen molar-refractivity contribution in [3.05, 3.63) is 29.8 Å². The average Bonchev–Trinajstić information content (AvgIpc) is 2.32. The summed E-state index contributed by atoms with van der Waals surface area (Å²) in [5, 5.41) is 4.09. The molecule has 2 N–H and O–H groups in total. The lowest BCUT2D eigenvalue weighted by Crippen LogP contribution is -2.45. The smallest absolute Gasteiger partial charge is 0.321 e. The number of nitrogens with one attached hydrogen (secondary N) is 2. The minimum absolute atomic E-state index is 0.0862. The van der Waals surface area contributed by atoms with Crippen LogP contribution in [-0.4, -0.2) is 23.2 Å². The number of hydrogen-bond acceptors (Lipinski definition) is 3. The second-order valence-electron chi connectivity index (χ2n) is 4.45. The van der Waals surface area contributed by atoms with Crippen LogP contribution in [0.3, 0.4) is 0 Å². The summed E-state index contributed by atoms with van der Waals surface area (Å²) in [5.41, 5.74) is 0. The minimum atomic E-state index is -0.972. The summed E-state index contributed by atoms with van der Waals surface area (Å²) in [5.74, 6) is -2.42. The van der Waals surface area contributed by atoms with E-state index in [1.165, 1.54) is 6.07 Å². The summed E-state index contributed by atoms with van der Waals surface area (Å²) >= 11 is 1.04. The van der Waals surface area contributed by atoms with E-state index >= 15 is 0 Å². The number of hydrogen-bond donors (Lipinski definition) is 2. The van der Waals surface area contributed by atoms with E-state index in [0.717, 1.165) is 23.9 Å². The normalized spacial score (nSPS) is 12.1. The molecule has 0 heterocycles. The molecule has 0 aliphatic carbocycles. The molecule has 1 atom stereocenters. The molecule has 0 unspecified atom stereocenters. The summed E-state index contributed by atoms with van der Waals surface area (Å²) in [7, 11) is 0. The molecule has 0 fully saturated rings. The lowest BCUT2D eigenvalue weighted by molar-refractivity contribution is -0.119. The van der Waals surface area contributed by atoms with Crippen molar-refractivity contribution in [1.29, 1.82) is 0 Å². The Balaban J connectivity index is 2.57. The van der Waals surface area contributed by atoms with Gasteiger partial charge in [0.1, 0.15) is 0 Å². The second-order valence-corrected chi connectivity index (χ2v) is 5.87. The third kappa shape index (κ3) is 5.16. The van der Waals surface area contributed by atoms with Gasteiger partial charge in [-0.15, -0.1) is 11.8 Å². The number of carbonyl (C=O) groups excluding carboxylic acids is 2. The topological polar surface area (TPSA) is 58.2 Å². The first-order chi connectivity index (χ1) is 9.29. The van der Waals surface area contributed by atoms with Gasteiger partial charge in [-0.05, 0) is 39.0 Å². The molecule has 1 rings (SSSR count). The van der Waals surface area contributed by atoms with Gasteiger partial charge in [0.25, 0.3) is 0 Å². The summed E-state index contributed by atoms with van der Waals surface area (Å²) in [6.45, 7) is 5.11. The Labute approximate surface area is 120 Å². The maximum Gasteiger partial charge on any atom is 0.321 e. The van der Waals surface area contributed by atoms with Gasteiger partial charge >= 0.3 is 6.03 Å². The molecule has 0 saturated carbocycles. The summed E-state index contributed by atoms with van der Waals surface area (Å²) < 4.78 is 25.8. The van der Waals surface area contributed by atoms with Crippen molar-refractivity contribution < 1.29 is 18.4 Å². The van der Waals surface area contributed by atoms with E-state index in [9.17, 15) is 18.4 Å². The molecule has 1 aromatic carbocycles. The van der Waals surface area contributed by atoms with Crippen LogP contribution < -0.4 is 10.6 Å². The Bertz CT molecular complexity index is 509. The van der Waals surface area contributed by atoms with Gasteiger partial charge in [-0.1, -0.05) is 0 Å². The largest absolute Gasteiger partial charge is 0.336 e. The maximum absolute atomic E-state index is 13.0. The number of carbonyl (C=O) groups is 2. The molecule has 4 nitrogen and oxygen atoms in total. The van der Waals surface area contributed by atoms with Crippen molar-refractivity contribution in [1.82, 2.24) is 10.6 Å². The molecular weight excluding hydrogens is 286 g/mol. The molecule has 1 aromatic rings. The Morgan fingerprint density at radius 3 is 2.35 bits per heavy atom. The first-order valence-corrected chi connectivity index (χ1v) is 6.90. The van der Waals surface area contributed by atoms with Crippen molar-refractivity contribution in [2.24, 2.45) is 0 Å². The van der Waals surface area contributed by atoms with Crippen LogP contribution in [0.2, 0.25) is 0 Å². The van der Waals surface area contributed by atoms with E-state index in [0.29, 0.717) is 4.90 Å². The first-order valence-electron chi connectivity index (χ1n) is 6.02. The lowest BCUT2D eigenvalue weighted by atomic mass is 10.3. The van der Waals surface area contributed by atoms with Gasteiger partial charge in [0.2, 0.25) is 5.91 Å². The van der Waals surface area contributed by atoms with Crippen molar-refractivity contribution in [3.8, 4) is 0 Å². The van der Waals surface area contributed by atoms with Crippen LogP contribution in [0.5, 0.6) is 0 Å². The van der Waals surface area contributed by atoms with Crippen molar-refractivity contribution in [3.63, 3.8) is 0 Å². The quantitative estimate of drug-likeness (QED) is 0.841. The predicted molar refractivity (Wildman–Crippen MR) is 73.5 cm³/mol. The van der Waals surface area contributed by atoms with Crippen LogP contribution in [0, 0.1) is 11.6 Å². The highest BCUT2D eigenvalue weighted by molar-refractivity contribution is 8.00. The number of imide groups is 1. The van der Waals surface area contributed by atoms with Crippen LogP contribution in [0.1, 0.15) is 20.8 Å². The third-order valence-corrected chi connectivity index (χ3v) is 3.32. The second kappa shape index (κ2) is 7.23. The fourth-order valence-corrected chi connectivity index (χ4v) is 2.21. The number of rotatable bonds is 4. The fourth-order valence-electron chi connectivity index (χ4n) is 1.32. The highest BCUT2D eigenvalue weighted by Crippen LogP contribution is 2.24. The minimum Gasteiger partial charge on any atom is -0.336 e. The average molecular weight is 302 g/mol. The summed E-state index contributed by atoms with van der Waals surface area (Å²) in [6, 6.07) is 2.71. The van der Waals surface area contributed by atoms with Crippen LogP contribution in [0.25, 0.3) is 0 Å². The molecule has 0 aliphatic rings. The fraction of sp³-hybridized carbons (Fsp3) is 0.385. The predicted octanol–water partition coefficient (Wildman–Crippen LogP) is 2.68. The van der Waals surface area contributed by atoms with E-state index in [1.807, 2.05) is 0 Å². The van der Waals surface area contributed by atoms with Crippen LogP contribution >= 0.6 is 11.8 Å². The van der Waals surface area contributed by atoms with Crippen LogP contribution in [0.4, 0.5) is 13.6 Å². The van der Waals surface area contributed by atoms with Gasteiger partial charge in [0.05, 0.1) is 5.25 Å². The molecule has 0 saturated heterocycles. The third-order valence-electron chi connectivity index (χ3n) is 2.23. The van der Waals surface area contributed by atoms with Gasteiger partial charge in [0.15, 0.2) is 11.6 Å². The molecule has 3 amide bonds. The molecular formula is C13H16F2N2O2S. The van der Waals surface area contributed by atoms with Gasteiger partial charge in [-0.25, -0.2) is 13.6 Å². The van der Waals surface area contributed by atoms with E-state index in [2.05, 4.69) is 10.6 Å². The Morgan fingerprint density at radius 2 is 1.80 bits per heavy atom. The number of thioether (sulfide) groups is 1. The lowest BCUT2D eigenvalue weighted by Gasteiger charge is -2.13. The van der Waals surface area contributed by atoms with E-state index in [4.69, 9.17) is 0 Å². The van der Waals surface area contributed by atoms with Gasteiger partial charge in [-0.3, -0.25) is 10.1 Å². The van der Waals surface area contributed by atoms with Crippen molar-refractivity contribution in [2.45, 2.75) is 37.0 Å². The maximum atomic E-state index is 13.0. The number of amides is 3. The first kappa shape index (κ1) is 16.4. The van der Waals surface area contributed by atoms with Gasteiger partial charge < -0.3 is 5.32 Å². The molecule has 0 aromatic heterocycles. The Kier molecular flexibility index (Phi) is 5.94. The standard InChI is InChI=1S/C13H16F2N2O2S/c1-7(2)16-13(19)17-12(18)8(3)20-9-4-5-10(14)11(15)6-9/h4-8H,1-3H3,(H2,16,17,18,19)/t8-/m1/s1. The van der Waals surface area contributed by atoms with Crippen molar-refractivity contribution in [2.75, 3.05) is 0 Å². The highest BCUT2D eigenvalue weighted by atomic mass is 32.2. The molecule has 0 aliphatic heterocycles. The molecule has 7 heteroatoms. The van der Waals surface area contributed by atoms with Crippen LogP contribution in [0.15, 0.2) is 23.1 Å². The Morgan fingerprint density at radius 1 is 1.15 bits per heavy atom. The van der Waals surface area contributed by atoms with Gasteiger partial charge in [-0.2, -0.15) is 0 Å². The molecule has 20 heavy (non-hydrogen) atoms. The zero-order valence-corrected chi connectivity index (χ0v) is 12.2. The van der Waals surface area contributed by atoms with Crippen LogP contribution in [-0.2, 0) is 4.79 Å². The number of urea groups is 1. The monoisotopic (exact) mass is 302 g/mol. The summed E-state index contributed by atoms with van der Waals surface area (Å²) in [4.78, 5) is 23.5. The van der Waals surface area contributed by atoms with E-state index in [-0.39, 0.29) is 6.04 Å². The number of halogens is 2. The van der Waals surface area contributed by atoms with E-state index < -0.39 is 28.8 Å². The zero-order valence-electron chi connectivity index (χ0n) is 11.4. The Hall–Kier alpha value is -1.63. The number of benzene rings is 1. The molecule has 0 bridgehead atoms.